The van der Waals surface area contributed by atoms with E-state index in [1.165, 1.54) is 0 Å². The van der Waals surface area contributed by atoms with Gasteiger partial charge in [0.1, 0.15) is 0 Å². The van der Waals surface area contributed by atoms with E-state index < -0.39 is 10.0 Å². The van der Waals surface area contributed by atoms with Gasteiger partial charge in [-0.05, 0) is 37.5 Å². The average Bonchev–Trinajstić information content (AvgIpc) is 3.03. The molecule has 0 bridgehead atoms. The zero-order valence-corrected chi connectivity index (χ0v) is 19.4. The topological polar surface area (TPSA) is 64.4 Å². The van der Waals surface area contributed by atoms with Gasteiger partial charge in [-0.15, -0.1) is 0 Å². The molecule has 0 spiro atoms. The average molecular weight is 440 g/mol. The SMILES string of the molecule is Cc1cc(C)c(S(=O)(=O)N2CCc3c(c(COCc4ccccc4)nn3C)C2)c(C)c1. The Hall–Kier alpha value is -2.48. The zero-order chi connectivity index (χ0) is 22.2. The number of aryl methyl sites for hydroxylation is 4. The maximum absolute atomic E-state index is 13.5. The standard InChI is InChI=1S/C24H29N3O3S/c1-17-12-18(2)24(19(3)13-17)31(28,29)27-11-10-23-21(14-27)22(25-26(23)4)16-30-15-20-8-6-5-7-9-20/h5-9,12-13H,10-11,14-16H2,1-4H3. The van der Waals surface area contributed by atoms with Crippen LogP contribution in [0.25, 0.3) is 0 Å². The van der Waals surface area contributed by atoms with Crippen LogP contribution in [0.15, 0.2) is 47.4 Å². The molecule has 0 saturated carbocycles. The minimum atomic E-state index is -3.60. The van der Waals surface area contributed by atoms with Gasteiger partial charge >= 0.3 is 0 Å². The number of hydrogen-bond donors (Lipinski definition) is 0. The van der Waals surface area contributed by atoms with Crippen molar-refractivity contribution in [2.45, 2.75) is 51.8 Å². The highest BCUT2D eigenvalue weighted by Crippen LogP contribution is 2.30. The summed E-state index contributed by atoms with van der Waals surface area (Å²) in [6.07, 6.45) is 0.640. The second-order valence-electron chi connectivity index (χ2n) is 8.29. The van der Waals surface area contributed by atoms with E-state index in [0.29, 0.717) is 37.6 Å². The minimum Gasteiger partial charge on any atom is -0.370 e. The quantitative estimate of drug-likeness (QED) is 0.586. The second-order valence-corrected chi connectivity index (χ2v) is 10.2. The summed E-state index contributed by atoms with van der Waals surface area (Å²) in [5.41, 5.74) is 6.62. The summed E-state index contributed by atoms with van der Waals surface area (Å²) in [6, 6.07) is 13.9. The van der Waals surface area contributed by atoms with Gasteiger partial charge in [0.25, 0.3) is 0 Å². The first-order valence-electron chi connectivity index (χ1n) is 10.5. The number of rotatable bonds is 6. The number of benzene rings is 2. The van der Waals surface area contributed by atoms with Crippen LogP contribution in [0, 0.1) is 20.8 Å². The second kappa shape index (κ2) is 8.57. The van der Waals surface area contributed by atoms with E-state index >= 15 is 0 Å². The van der Waals surface area contributed by atoms with Gasteiger partial charge in [0.05, 0.1) is 23.8 Å². The Morgan fingerprint density at radius 2 is 1.71 bits per heavy atom. The third kappa shape index (κ3) is 4.31. The van der Waals surface area contributed by atoms with Gasteiger partial charge < -0.3 is 4.74 Å². The van der Waals surface area contributed by atoms with E-state index in [0.717, 1.165) is 39.2 Å². The summed E-state index contributed by atoms with van der Waals surface area (Å²) in [7, 11) is -1.68. The first kappa shape index (κ1) is 21.7. The molecule has 7 heteroatoms. The fraction of sp³-hybridized carbons (Fsp3) is 0.375. The summed E-state index contributed by atoms with van der Waals surface area (Å²) < 4.78 is 36.4. The van der Waals surface area contributed by atoms with Gasteiger partial charge in [0.15, 0.2) is 0 Å². The van der Waals surface area contributed by atoms with E-state index in [-0.39, 0.29) is 0 Å². The van der Waals surface area contributed by atoms with Crippen LogP contribution in [0.1, 0.15) is 39.2 Å². The van der Waals surface area contributed by atoms with Crippen molar-refractivity contribution in [3.8, 4) is 0 Å². The number of hydrogen-bond acceptors (Lipinski definition) is 4. The Morgan fingerprint density at radius 1 is 1.03 bits per heavy atom. The number of ether oxygens (including phenoxy) is 1. The van der Waals surface area contributed by atoms with Gasteiger partial charge in [-0.25, -0.2) is 8.42 Å². The van der Waals surface area contributed by atoms with Crippen LogP contribution in [0.3, 0.4) is 0 Å². The van der Waals surface area contributed by atoms with Crippen molar-refractivity contribution in [2.75, 3.05) is 6.54 Å². The Kier molecular flexibility index (Phi) is 6.01. The highest BCUT2D eigenvalue weighted by Gasteiger charge is 2.33. The molecule has 2 aromatic carbocycles. The van der Waals surface area contributed by atoms with Crippen LogP contribution in [-0.4, -0.2) is 29.0 Å². The molecule has 0 unspecified atom stereocenters. The van der Waals surface area contributed by atoms with E-state index in [1.807, 2.05) is 75.0 Å². The Bertz CT molecular complexity index is 1180. The van der Waals surface area contributed by atoms with Crippen LogP contribution >= 0.6 is 0 Å². The lowest BCUT2D eigenvalue weighted by Crippen LogP contribution is -2.37. The van der Waals surface area contributed by atoms with E-state index in [9.17, 15) is 8.42 Å². The van der Waals surface area contributed by atoms with Crippen LogP contribution in [0.4, 0.5) is 0 Å². The predicted octanol–water partition coefficient (Wildman–Crippen LogP) is 3.81. The molecule has 0 fully saturated rings. The van der Waals surface area contributed by atoms with Crippen molar-refractivity contribution >= 4 is 10.0 Å². The van der Waals surface area contributed by atoms with Crippen molar-refractivity contribution < 1.29 is 13.2 Å². The van der Waals surface area contributed by atoms with Crippen molar-refractivity contribution in [3.63, 3.8) is 0 Å². The molecular formula is C24H29N3O3S. The van der Waals surface area contributed by atoms with Crippen LogP contribution in [0.2, 0.25) is 0 Å². The van der Waals surface area contributed by atoms with E-state index in [4.69, 9.17) is 4.74 Å². The Morgan fingerprint density at radius 3 is 2.39 bits per heavy atom. The molecule has 3 aromatic rings. The molecule has 164 valence electrons. The molecule has 4 rings (SSSR count). The fourth-order valence-electron chi connectivity index (χ4n) is 4.51. The van der Waals surface area contributed by atoms with Crippen molar-refractivity contribution in [2.24, 2.45) is 7.05 Å². The molecule has 0 saturated heterocycles. The fourth-order valence-corrected chi connectivity index (χ4v) is 6.33. The first-order chi connectivity index (χ1) is 14.8. The minimum absolute atomic E-state index is 0.322. The molecule has 1 aliphatic heterocycles. The third-order valence-corrected chi connectivity index (χ3v) is 7.99. The summed E-state index contributed by atoms with van der Waals surface area (Å²) in [4.78, 5) is 0.423. The van der Waals surface area contributed by atoms with Crippen LogP contribution < -0.4 is 0 Å². The molecule has 1 aromatic heterocycles. The van der Waals surface area contributed by atoms with Gasteiger partial charge in [-0.1, -0.05) is 48.0 Å². The van der Waals surface area contributed by atoms with Gasteiger partial charge in [-0.3, -0.25) is 4.68 Å². The largest absolute Gasteiger partial charge is 0.370 e. The van der Waals surface area contributed by atoms with E-state index in [1.54, 1.807) is 4.31 Å². The molecule has 0 aliphatic carbocycles. The molecule has 0 amide bonds. The molecule has 31 heavy (non-hydrogen) atoms. The molecule has 0 N–H and O–H groups in total. The molecule has 1 aliphatic rings. The molecule has 0 atom stereocenters. The number of nitrogens with zero attached hydrogens (tertiary/aromatic N) is 3. The van der Waals surface area contributed by atoms with Crippen LogP contribution in [0.5, 0.6) is 0 Å². The van der Waals surface area contributed by atoms with Crippen molar-refractivity contribution in [1.29, 1.82) is 0 Å². The lowest BCUT2D eigenvalue weighted by molar-refractivity contribution is 0.103. The predicted molar refractivity (Wildman–Crippen MR) is 120 cm³/mol. The Balaban J connectivity index is 1.57. The molecular weight excluding hydrogens is 410 g/mol. The highest BCUT2D eigenvalue weighted by atomic mass is 32.2. The summed E-state index contributed by atoms with van der Waals surface area (Å²) >= 11 is 0. The van der Waals surface area contributed by atoms with Gasteiger partial charge in [-0.2, -0.15) is 9.40 Å². The maximum atomic E-state index is 13.5. The number of fused-ring (bicyclic) bond motifs is 1. The normalized spacial score (nSPS) is 14.6. The van der Waals surface area contributed by atoms with Gasteiger partial charge in [0.2, 0.25) is 10.0 Å². The van der Waals surface area contributed by atoms with Crippen molar-refractivity contribution in [1.82, 2.24) is 14.1 Å². The maximum Gasteiger partial charge on any atom is 0.243 e. The van der Waals surface area contributed by atoms with E-state index in [2.05, 4.69) is 5.10 Å². The van der Waals surface area contributed by atoms with Gasteiger partial charge in [0, 0.05) is 37.8 Å². The first-order valence-corrected chi connectivity index (χ1v) is 11.9. The third-order valence-electron chi connectivity index (χ3n) is 5.84. The lowest BCUT2D eigenvalue weighted by Gasteiger charge is -2.28. The highest BCUT2D eigenvalue weighted by molar-refractivity contribution is 7.89. The molecule has 6 nitrogen and oxygen atoms in total. The molecule has 2 heterocycles. The summed E-state index contributed by atoms with van der Waals surface area (Å²) in [5, 5.41) is 4.63. The summed E-state index contributed by atoms with van der Waals surface area (Å²) in [6.45, 7) is 7.35. The molecule has 0 radical (unpaired) electrons. The zero-order valence-electron chi connectivity index (χ0n) is 18.6. The lowest BCUT2D eigenvalue weighted by atomic mass is 10.1. The summed E-state index contributed by atoms with van der Waals surface area (Å²) in [5.74, 6) is 0. The monoisotopic (exact) mass is 439 g/mol. The Labute approximate surface area is 184 Å². The van der Waals surface area contributed by atoms with Crippen LogP contribution in [-0.2, 0) is 48.0 Å². The number of aromatic nitrogens is 2. The van der Waals surface area contributed by atoms with Crippen molar-refractivity contribution in [3.05, 3.63) is 81.7 Å². The number of sulfonamides is 1. The smallest absolute Gasteiger partial charge is 0.243 e.